The van der Waals surface area contributed by atoms with Crippen LogP contribution >= 0.6 is 0 Å². The largest absolute Gasteiger partial charge is 0.342 e. The average Bonchev–Trinajstić information content (AvgIpc) is 2.97. The smallest absolute Gasteiger partial charge is 0.228 e. The van der Waals surface area contributed by atoms with E-state index in [-0.39, 0.29) is 5.91 Å². The van der Waals surface area contributed by atoms with Gasteiger partial charge in [-0.25, -0.2) is 4.98 Å². The van der Waals surface area contributed by atoms with Crippen LogP contribution in [0, 0.1) is 0 Å². The maximum Gasteiger partial charge on any atom is 0.228 e. The minimum atomic E-state index is 0.200. The quantitative estimate of drug-likeness (QED) is 0.782. The Hall–Kier alpha value is -1.84. The molecule has 3 heterocycles. The van der Waals surface area contributed by atoms with E-state index in [0.717, 1.165) is 37.3 Å². The Balaban J connectivity index is 1.77. The molecule has 4 nitrogen and oxygen atoms in total. The van der Waals surface area contributed by atoms with Crippen LogP contribution in [0.2, 0.25) is 0 Å². The van der Waals surface area contributed by atoms with E-state index in [1.807, 2.05) is 39.9 Å². The van der Waals surface area contributed by atoms with Crippen molar-refractivity contribution in [1.29, 1.82) is 0 Å². The van der Waals surface area contributed by atoms with Crippen molar-refractivity contribution in [2.75, 3.05) is 13.1 Å². The summed E-state index contributed by atoms with van der Waals surface area (Å²) in [5.41, 5.74) is 1.75. The zero-order valence-electron chi connectivity index (χ0n) is 9.67. The molecular weight excluding hydrogens is 214 g/mol. The van der Waals surface area contributed by atoms with Gasteiger partial charge in [0.05, 0.1) is 12.1 Å². The molecule has 0 bridgehead atoms. The summed E-state index contributed by atoms with van der Waals surface area (Å²) in [4.78, 5) is 18.3. The third-order valence-corrected chi connectivity index (χ3v) is 3.20. The molecule has 17 heavy (non-hydrogen) atoms. The van der Waals surface area contributed by atoms with Gasteiger partial charge >= 0.3 is 0 Å². The first-order chi connectivity index (χ1) is 8.33. The topological polar surface area (TPSA) is 37.6 Å². The van der Waals surface area contributed by atoms with Crippen molar-refractivity contribution < 1.29 is 4.79 Å². The summed E-state index contributed by atoms with van der Waals surface area (Å²) in [6, 6.07) is 5.86. The standard InChI is InChI=1S/C13H15N3O/c17-13(15-6-3-4-7-15)9-11-10-16-8-2-1-5-12(16)14-11/h1-2,5,8,10H,3-4,6-7,9H2. The molecule has 1 aliphatic rings. The van der Waals surface area contributed by atoms with Crippen LogP contribution in [0.25, 0.3) is 5.65 Å². The minimum Gasteiger partial charge on any atom is -0.342 e. The SMILES string of the molecule is O=C(Cc1cn2ccccc2n1)N1CCCC1. The van der Waals surface area contributed by atoms with E-state index in [1.54, 1.807) is 0 Å². The predicted molar refractivity (Wildman–Crippen MR) is 64.7 cm³/mol. The second-order valence-corrected chi connectivity index (χ2v) is 4.46. The molecule has 2 aromatic rings. The van der Waals surface area contributed by atoms with Crippen molar-refractivity contribution in [3.8, 4) is 0 Å². The second-order valence-electron chi connectivity index (χ2n) is 4.46. The van der Waals surface area contributed by atoms with Gasteiger partial charge in [0.25, 0.3) is 0 Å². The van der Waals surface area contributed by atoms with Crippen LogP contribution in [0.3, 0.4) is 0 Å². The molecule has 88 valence electrons. The van der Waals surface area contributed by atoms with Crippen LogP contribution in [-0.4, -0.2) is 33.3 Å². The molecule has 0 spiro atoms. The van der Waals surface area contributed by atoms with E-state index in [0.29, 0.717) is 6.42 Å². The number of amides is 1. The zero-order valence-corrected chi connectivity index (χ0v) is 9.67. The number of carbonyl (C=O) groups excluding carboxylic acids is 1. The lowest BCUT2D eigenvalue weighted by Crippen LogP contribution is -2.29. The van der Waals surface area contributed by atoms with Crippen molar-refractivity contribution in [3.05, 3.63) is 36.3 Å². The molecule has 0 unspecified atom stereocenters. The molecule has 1 aliphatic heterocycles. The Bertz CT molecular complexity index is 507. The highest BCUT2D eigenvalue weighted by Gasteiger charge is 2.18. The van der Waals surface area contributed by atoms with Gasteiger partial charge in [0.15, 0.2) is 0 Å². The summed E-state index contributed by atoms with van der Waals surface area (Å²) >= 11 is 0. The Morgan fingerprint density at radius 3 is 2.88 bits per heavy atom. The molecule has 0 radical (unpaired) electrons. The lowest BCUT2D eigenvalue weighted by molar-refractivity contribution is -0.129. The first-order valence-corrected chi connectivity index (χ1v) is 6.03. The van der Waals surface area contributed by atoms with Gasteiger partial charge in [-0.2, -0.15) is 0 Å². The molecule has 0 N–H and O–H groups in total. The summed E-state index contributed by atoms with van der Waals surface area (Å²) < 4.78 is 1.95. The summed E-state index contributed by atoms with van der Waals surface area (Å²) in [6.45, 7) is 1.82. The Morgan fingerprint density at radius 2 is 2.12 bits per heavy atom. The number of fused-ring (bicyclic) bond motifs is 1. The number of carbonyl (C=O) groups is 1. The normalized spacial score (nSPS) is 15.6. The molecule has 0 aliphatic carbocycles. The minimum absolute atomic E-state index is 0.200. The van der Waals surface area contributed by atoms with Gasteiger partial charge in [-0.05, 0) is 25.0 Å². The van der Waals surface area contributed by atoms with Gasteiger partial charge < -0.3 is 9.30 Å². The highest BCUT2D eigenvalue weighted by molar-refractivity contribution is 5.78. The number of hydrogen-bond acceptors (Lipinski definition) is 2. The summed E-state index contributed by atoms with van der Waals surface area (Å²) in [6.07, 6.45) is 6.57. The Morgan fingerprint density at radius 1 is 1.29 bits per heavy atom. The van der Waals surface area contributed by atoms with Crippen LogP contribution in [0.1, 0.15) is 18.5 Å². The third-order valence-electron chi connectivity index (χ3n) is 3.20. The molecule has 2 aromatic heterocycles. The summed E-state index contributed by atoms with van der Waals surface area (Å²) in [7, 11) is 0. The number of likely N-dealkylation sites (tertiary alicyclic amines) is 1. The number of imidazole rings is 1. The van der Waals surface area contributed by atoms with Gasteiger partial charge in [-0.1, -0.05) is 6.07 Å². The molecule has 4 heteroatoms. The monoisotopic (exact) mass is 229 g/mol. The molecule has 3 rings (SSSR count). The summed E-state index contributed by atoms with van der Waals surface area (Å²) in [5, 5.41) is 0. The number of hydrogen-bond donors (Lipinski definition) is 0. The van der Waals surface area contributed by atoms with E-state index in [1.165, 1.54) is 0 Å². The molecule has 1 saturated heterocycles. The van der Waals surface area contributed by atoms with Gasteiger partial charge in [-0.15, -0.1) is 0 Å². The lowest BCUT2D eigenvalue weighted by Gasteiger charge is -2.13. The average molecular weight is 229 g/mol. The van der Waals surface area contributed by atoms with Crippen LogP contribution in [0.15, 0.2) is 30.6 Å². The summed E-state index contributed by atoms with van der Waals surface area (Å²) in [5.74, 6) is 0.200. The number of rotatable bonds is 2. The zero-order chi connectivity index (χ0) is 11.7. The van der Waals surface area contributed by atoms with Crippen LogP contribution in [0.5, 0.6) is 0 Å². The number of aromatic nitrogens is 2. The molecule has 1 amide bonds. The maximum absolute atomic E-state index is 12.0. The van der Waals surface area contributed by atoms with Gasteiger partial charge in [0.2, 0.25) is 5.91 Å². The number of nitrogens with zero attached hydrogens (tertiary/aromatic N) is 3. The fourth-order valence-electron chi connectivity index (χ4n) is 2.31. The van der Waals surface area contributed by atoms with Crippen molar-refractivity contribution in [3.63, 3.8) is 0 Å². The van der Waals surface area contributed by atoms with Gasteiger partial charge in [0, 0.05) is 25.5 Å². The first kappa shape index (κ1) is 10.3. The highest BCUT2D eigenvalue weighted by Crippen LogP contribution is 2.11. The Labute approximate surface area is 99.9 Å². The van der Waals surface area contributed by atoms with Crippen molar-refractivity contribution in [2.45, 2.75) is 19.3 Å². The lowest BCUT2D eigenvalue weighted by atomic mass is 10.3. The molecule has 0 atom stereocenters. The van der Waals surface area contributed by atoms with Crippen molar-refractivity contribution in [2.24, 2.45) is 0 Å². The fourth-order valence-corrected chi connectivity index (χ4v) is 2.31. The second kappa shape index (κ2) is 4.20. The Kier molecular flexibility index (Phi) is 2.55. The van der Waals surface area contributed by atoms with E-state index in [2.05, 4.69) is 4.98 Å². The fraction of sp³-hybridized carbons (Fsp3) is 0.385. The van der Waals surface area contributed by atoms with E-state index < -0.39 is 0 Å². The predicted octanol–water partition coefficient (Wildman–Crippen LogP) is 1.50. The molecule has 0 saturated carbocycles. The molecule has 1 fully saturated rings. The molecule has 0 aromatic carbocycles. The van der Waals surface area contributed by atoms with Crippen LogP contribution in [0.4, 0.5) is 0 Å². The first-order valence-electron chi connectivity index (χ1n) is 6.03. The van der Waals surface area contributed by atoms with E-state index in [4.69, 9.17) is 0 Å². The molecular formula is C13H15N3O. The van der Waals surface area contributed by atoms with Crippen LogP contribution < -0.4 is 0 Å². The highest BCUT2D eigenvalue weighted by atomic mass is 16.2. The number of pyridine rings is 1. The van der Waals surface area contributed by atoms with Gasteiger partial charge in [0.1, 0.15) is 5.65 Å². The maximum atomic E-state index is 12.0. The van der Waals surface area contributed by atoms with Crippen LogP contribution in [-0.2, 0) is 11.2 Å². The van der Waals surface area contributed by atoms with Crippen molar-refractivity contribution >= 4 is 11.6 Å². The third kappa shape index (κ3) is 2.02. The van der Waals surface area contributed by atoms with E-state index >= 15 is 0 Å². The van der Waals surface area contributed by atoms with Gasteiger partial charge in [-0.3, -0.25) is 4.79 Å². The van der Waals surface area contributed by atoms with E-state index in [9.17, 15) is 4.79 Å². The van der Waals surface area contributed by atoms with Crippen molar-refractivity contribution in [1.82, 2.24) is 14.3 Å².